The van der Waals surface area contributed by atoms with Gasteiger partial charge in [-0.15, -0.1) is 0 Å². The predicted octanol–water partition coefficient (Wildman–Crippen LogP) is 4.58. The van der Waals surface area contributed by atoms with Crippen LogP contribution in [-0.4, -0.2) is 74.2 Å². The summed E-state index contributed by atoms with van der Waals surface area (Å²) in [6.45, 7) is 15.4. The molecule has 39 heavy (non-hydrogen) atoms. The second-order valence-corrected chi connectivity index (χ2v) is 10.8. The number of rotatable bonds is 14. The minimum atomic E-state index is -0.0579. The molecule has 2 aliphatic rings. The maximum atomic E-state index is 14.0. The fourth-order valence-corrected chi connectivity index (χ4v) is 4.79. The van der Waals surface area contributed by atoms with Gasteiger partial charge in [0.15, 0.2) is 0 Å². The monoisotopic (exact) mass is 537 g/mol. The maximum Gasteiger partial charge on any atom is 0.261 e. The average molecular weight is 538 g/mol. The van der Waals surface area contributed by atoms with Crippen molar-refractivity contribution < 1.29 is 14.3 Å². The lowest BCUT2D eigenvalue weighted by Crippen LogP contribution is -2.34. The largest absolute Gasteiger partial charge is 0.375 e. The third-order valence-electron chi connectivity index (χ3n) is 7.56. The number of likely N-dealkylation sites (N-methyl/N-ethyl adjacent to an activating group) is 1. The average Bonchev–Trinajstić information content (AvgIpc) is 3.78. The highest BCUT2D eigenvalue weighted by molar-refractivity contribution is 6.19. The molecule has 1 heterocycles. The highest BCUT2D eigenvalue weighted by atomic mass is 16.5. The van der Waals surface area contributed by atoms with Crippen molar-refractivity contribution in [3.05, 3.63) is 53.5 Å². The van der Waals surface area contributed by atoms with Crippen LogP contribution in [0.3, 0.4) is 0 Å². The Hall–Kier alpha value is -3.13. The smallest absolute Gasteiger partial charge is 0.261 e. The van der Waals surface area contributed by atoms with E-state index in [1.165, 1.54) is 0 Å². The molecule has 1 aromatic rings. The zero-order chi connectivity index (χ0) is 28.5. The molecule has 1 aliphatic carbocycles. The normalized spacial score (nSPS) is 17.8. The number of benzene rings is 1. The molecule has 8 heteroatoms. The first-order valence-electron chi connectivity index (χ1n) is 14.4. The van der Waals surface area contributed by atoms with Gasteiger partial charge in [0.1, 0.15) is 5.82 Å². The Morgan fingerprint density at radius 3 is 2.69 bits per heavy atom. The van der Waals surface area contributed by atoms with E-state index < -0.39 is 0 Å². The van der Waals surface area contributed by atoms with E-state index in [0.717, 1.165) is 55.7 Å². The summed E-state index contributed by atoms with van der Waals surface area (Å²) in [5.74, 6) is 1.19. The van der Waals surface area contributed by atoms with E-state index in [4.69, 9.17) is 4.74 Å². The summed E-state index contributed by atoms with van der Waals surface area (Å²) in [6, 6.07) is 8.01. The molecule has 0 bridgehead atoms. The second kappa shape index (κ2) is 14.3. The van der Waals surface area contributed by atoms with Crippen molar-refractivity contribution in [1.82, 2.24) is 15.1 Å². The van der Waals surface area contributed by atoms with Crippen LogP contribution in [0.5, 0.6) is 0 Å². The molecule has 0 saturated heterocycles. The molecule has 1 N–H and O–H groups in total. The van der Waals surface area contributed by atoms with Gasteiger partial charge in [-0.05, 0) is 63.1 Å². The van der Waals surface area contributed by atoms with Crippen molar-refractivity contribution in [3.8, 4) is 0 Å². The Bertz CT molecular complexity index is 1080. The molecule has 214 valence electrons. The minimum absolute atomic E-state index is 0.0187. The molecular weight excluding hydrogens is 490 g/mol. The Morgan fingerprint density at radius 1 is 1.28 bits per heavy atom. The van der Waals surface area contributed by atoms with E-state index in [9.17, 15) is 9.59 Å². The van der Waals surface area contributed by atoms with Crippen LogP contribution >= 0.6 is 0 Å². The van der Waals surface area contributed by atoms with Crippen LogP contribution in [0, 0.1) is 11.8 Å². The second-order valence-electron chi connectivity index (χ2n) is 10.8. The summed E-state index contributed by atoms with van der Waals surface area (Å²) in [7, 11) is 3.93. The highest BCUT2D eigenvalue weighted by Crippen LogP contribution is 2.31. The number of ether oxygens (including phenoxy) is 1. The van der Waals surface area contributed by atoms with Crippen LogP contribution < -0.4 is 10.2 Å². The van der Waals surface area contributed by atoms with E-state index in [1.54, 1.807) is 6.21 Å². The van der Waals surface area contributed by atoms with Crippen molar-refractivity contribution in [3.63, 3.8) is 0 Å². The van der Waals surface area contributed by atoms with Gasteiger partial charge in [-0.2, -0.15) is 0 Å². The van der Waals surface area contributed by atoms with Crippen LogP contribution in [0.15, 0.2) is 52.9 Å². The van der Waals surface area contributed by atoms with Gasteiger partial charge >= 0.3 is 0 Å². The first kappa shape index (κ1) is 30.4. The number of amides is 2. The van der Waals surface area contributed by atoms with Gasteiger partial charge in [0.25, 0.3) is 5.91 Å². The van der Waals surface area contributed by atoms with Crippen LogP contribution in [-0.2, 0) is 20.9 Å². The van der Waals surface area contributed by atoms with Crippen molar-refractivity contribution in [2.75, 3.05) is 45.2 Å². The Labute approximate surface area is 234 Å². The lowest BCUT2D eigenvalue weighted by molar-refractivity contribution is -0.131. The van der Waals surface area contributed by atoms with Crippen LogP contribution in [0.25, 0.3) is 0 Å². The number of anilines is 1. The van der Waals surface area contributed by atoms with Gasteiger partial charge in [-0.1, -0.05) is 32.6 Å². The summed E-state index contributed by atoms with van der Waals surface area (Å²) >= 11 is 0. The first-order valence-corrected chi connectivity index (χ1v) is 14.4. The molecule has 3 rings (SSSR count). The number of nitrogens with one attached hydrogen (secondary N) is 1. The summed E-state index contributed by atoms with van der Waals surface area (Å²) in [5, 5.41) is 3.10. The molecule has 1 aliphatic heterocycles. The fourth-order valence-electron chi connectivity index (χ4n) is 4.79. The van der Waals surface area contributed by atoms with E-state index in [2.05, 4.69) is 35.6 Å². The van der Waals surface area contributed by atoms with Crippen molar-refractivity contribution in [1.29, 1.82) is 0 Å². The molecule has 0 radical (unpaired) electrons. The zero-order valence-electron chi connectivity index (χ0n) is 24.7. The molecule has 8 nitrogen and oxygen atoms in total. The zero-order valence-corrected chi connectivity index (χ0v) is 24.7. The molecule has 2 atom stereocenters. The van der Waals surface area contributed by atoms with E-state index in [0.29, 0.717) is 31.1 Å². The fraction of sp³-hybridized carbons (Fsp3) is 0.581. The van der Waals surface area contributed by atoms with Gasteiger partial charge in [0.05, 0.1) is 18.3 Å². The minimum Gasteiger partial charge on any atom is -0.375 e. The van der Waals surface area contributed by atoms with Crippen molar-refractivity contribution in [2.45, 2.75) is 66.1 Å². The number of carbonyl (C=O) groups is 2. The van der Waals surface area contributed by atoms with Crippen LogP contribution in [0.2, 0.25) is 0 Å². The summed E-state index contributed by atoms with van der Waals surface area (Å²) in [5.41, 5.74) is 3.47. The summed E-state index contributed by atoms with van der Waals surface area (Å²) in [6.07, 6.45) is 5.45. The van der Waals surface area contributed by atoms with Gasteiger partial charge < -0.3 is 24.8 Å². The van der Waals surface area contributed by atoms with Crippen molar-refractivity contribution in [2.24, 2.45) is 16.8 Å². The number of carbonyl (C=O) groups excluding carboxylic acids is 2. The number of nitrogens with zero attached hydrogens (tertiary/aromatic N) is 4. The molecule has 1 saturated carbocycles. The SMILES string of the molecule is C=C(N=CC1=C(C(C)CC)N(C)CCN(c2cccc(COC(C)CCN(C)C(=O)C3CC3)c2)C1=O)NCC. The van der Waals surface area contributed by atoms with E-state index in [-0.39, 0.29) is 29.8 Å². The standard InChI is InChI=1S/C31H47N5O3/c1-8-22(3)29-28(20-33-24(5)32-9-2)31(38)36(18-17-34(29)6)27-12-10-11-25(19-27)21-39-23(4)15-16-35(7)30(37)26-13-14-26/h10-12,19-20,22-23,26,32H,5,8-9,13-18,21H2,1-4,6-7H3. The van der Waals surface area contributed by atoms with Gasteiger partial charge in [-0.3, -0.25) is 9.59 Å². The third-order valence-corrected chi connectivity index (χ3v) is 7.56. The topological polar surface area (TPSA) is 77.5 Å². The molecule has 1 fully saturated rings. The molecule has 2 amide bonds. The van der Waals surface area contributed by atoms with Crippen LogP contribution in [0.4, 0.5) is 5.69 Å². The first-order chi connectivity index (χ1) is 18.7. The lowest BCUT2D eigenvalue weighted by Gasteiger charge is -2.26. The molecule has 2 unspecified atom stereocenters. The molecule has 0 aromatic heterocycles. The Morgan fingerprint density at radius 2 is 2.03 bits per heavy atom. The Balaban J connectivity index is 1.72. The van der Waals surface area contributed by atoms with Crippen molar-refractivity contribution >= 4 is 23.7 Å². The van der Waals surface area contributed by atoms with Gasteiger partial charge in [-0.25, -0.2) is 4.99 Å². The lowest BCUT2D eigenvalue weighted by atomic mass is 9.98. The van der Waals surface area contributed by atoms with Gasteiger partial charge in [0.2, 0.25) is 5.91 Å². The molecule has 0 spiro atoms. The highest BCUT2D eigenvalue weighted by Gasteiger charge is 2.32. The van der Waals surface area contributed by atoms with E-state index >= 15 is 0 Å². The van der Waals surface area contributed by atoms with Crippen LogP contribution in [0.1, 0.15) is 58.9 Å². The summed E-state index contributed by atoms with van der Waals surface area (Å²) < 4.78 is 6.12. The summed E-state index contributed by atoms with van der Waals surface area (Å²) in [4.78, 5) is 36.5. The van der Waals surface area contributed by atoms with E-state index in [1.807, 2.05) is 62.0 Å². The third kappa shape index (κ3) is 8.43. The predicted molar refractivity (Wildman–Crippen MR) is 158 cm³/mol. The number of hydrogen-bond acceptors (Lipinski definition) is 6. The molecule has 1 aromatic carbocycles. The molecular formula is C31H47N5O3. The number of allylic oxidation sites excluding steroid dienone is 1. The quantitative estimate of drug-likeness (QED) is 0.352. The number of aliphatic imine (C=N–C) groups is 1. The number of hydrogen-bond donors (Lipinski definition) is 1. The maximum absolute atomic E-state index is 14.0. The Kier molecular flexibility index (Phi) is 11.2. The van der Waals surface area contributed by atoms with Gasteiger partial charge in [0, 0.05) is 63.8 Å².